The van der Waals surface area contributed by atoms with Crippen LogP contribution in [0.5, 0.6) is 11.5 Å². The second-order valence-electron chi connectivity index (χ2n) is 9.24. The minimum atomic E-state index is 0.361. The average Bonchev–Trinajstić information content (AvgIpc) is 3.61. The minimum absolute atomic E-state index is 0.361. The van der Waals surface area contributed by atoms with Crippen LogP contribution in [-0.4, -0.2) is 64.3 Å². The second kappa shape index (κ2) is 9.11. The van der Waals surface area contributed by atoms with Crippen LogP contribution in [0.4, 0.5) is 5.13 Å². The standard InChI is InChI=1S/C26H28N6O3S/c1-16-5-6-25-28-21(13-32(25)29-16)24-11-20-22(9-19(33-4)10-23(20)35-24)34-14-18-15-36-26(27-18)31-8-7-30(3)17(2)12-31/h5-6,9-11,13,15,17H,7-8,12,14H2,1-4H3. The SMILES string of the molecule is COc1cc(OCc2csc(N3CCN(C)C(C)C3)n2)c2cc(-c3cn4nc(C)ccc4n3)oc2c1. The summed E-state index contributed by atoms with van der Waals surface area (Å²) in [6, 6.07) is 10.1. The van der Waals surface area contributed by atoms with Crippen molar-refractivity contribution in [1.82, 2.24) is 24.5 Å². The number of hydrogen-bond donors (Lipinski definition) is 0. The van der Waals surface area contributed by atoms with E-state index in [4.69, 9.17) is 18.9 Å². The zero-order valence-corrected chi connectivity index (χ0v) is 21.6. The Morgan fingerprint density at radius 2 is 2.06 bits per heavy atom. The van der Waals surface area contributed by atoms with Crippen molar-refractivity contribution in [3.05, 3.63) is 53.3 Å². The van der Waals surface area contributed by atoms with Gasteiger partial charge in [-0.1, -0.05) is 0 Å². The number of methoxy groups -OCH3 is 1. The van der Waals surface area contributed by atoms with Crippen molar-refractivity contribution in [2.24, 2.45) is 0 Å². The van der Waals surface area contributed by atoms with Crippen LogP contribution in [0.1, 0.15) is 18.3 Å². The van der Waals surface area contributed by atoms with E-state index in [1.54, 1.807) is 23.0 Å². The van der Waals surface area contributed by atoms with Gasteiger partial charge in [0.2, 0.25) is 0 Å². The van der Waals surface area contributed by atoms with Gasteiger partial charge in [0.25, 0.3) is 0 Å². The van der Waals surface area contributed by atoms with Crippen molar-refractivity contribution in [1.29, 1.82) is 0 Å². The van der Waals surface area contributed by atoms with Crippen molar-refractivity contribution in [2.45, 2.75) is 26.5 Å². The topological polar surface area (TPSA) is 81.2 Å². The number of aryl methyl sites for hydroxylation is 1. The van der Waals surface area contributed by atoms with Gasteiger partial charge in [-0.15, -0.1) is 11.3 Å². The maximum absolute atomic E-state index is 6.25. The quantitative estimate of drug-likeness (QED) is 0.331. The Labute approximate surface area is 212 Å². The van der Waals surface area contributed by atoms with Gasteiger partial charge in [0.05, 0.1) is 30.1 Å². The summed E-state index contributed by atoms with van der Waals surface area (Å²) in [7, 11) is 3.81. The highest BCUT2D eigenvalue weighted by molar-refractivity contribution is 7.13. The Bertz CT molecular complexity index is 1540. The Morgan fingerprint density at radius 1 is 1.17 bits per heavy atom. The molecule has 1 fully saturated rings. The number of imidazole rings is 1. The van der Waals surface area contributed by atoms with Crippen LogP contribution in [0.15, 0.2) is 46.3 Å². The Kier molecular flexibility index (Phi) is 5.77. The summed E-state index contributed by atoms with van der Waals surface area (Å²) in [5.74, 6) is 1.99. The summed E-state index contributed by atoms with van der Waals surface area (Å²) in [5.41, 5.74) is 3.97. The van der Waals surface area contributed by atoms with E-state index in [1.807, 2.05) is 43.5 Å². The van der Waals surface area contributed by atoms with Gasteiger partial charge >= 0.3 is 0 Å². The number of piperazine rings is 1. The fourth-order valence-electron chi connectivity index (χ4n) is 4.42. The third kappa shape index (κ3) is 4.27. The van der Waals surface area contributed by atoms with E-state index >= 15 is 0 Å². The third-order valence-corrected chi connectivity index (χ3v) is 7.61. The Hall–Kier alpha value is -3.63. The van der Waals surface area contributed by atoms with Gasteiger partial charge < -0.3 is 23.7 Å². The van der Waals surface area contributed by atoms with E-state index < -0.39 is 0 Å². The molecule has 1 unspecified atom stereocenters. The molecule has 9 nitrogen and oxygen atoms in total. The van der Waals surface area contributed by atoms with Gasteiger partial charge in [-0.25, -0.2) is 14.5 Å². The summed E-state index contributed by atoms with van der Waals surface area (Å²) in [4.78, 5) is 14.2. The van der Waals surface area contributed by atoms with Crippen LogP contribution in [0.3, 0.4) is 0 Å². The molecule has 1 saturated heterocycles. The molecule has 1 aliphatic heterocycles. The van der Waals surface area contributed by atoms with E-state index in [-0.39, 0.29) is 0 Å². The van der Waals surface area contributed by atoms with Gasteiger partial charge in [-0.2, -0.15) is 5.10 Å². The lowest BCUT2D eigenvalue weighted by Gasteiger charge is -2.37. The normalized spacial score (nSPS) is 16.8. The monoisotopic (exact) mass is 504 g/mol. The number of ether oxygens (including phenoxy) is 2. The molecule has 4 aromatic heterocycles. The van der Waals surface area contributed by atoms with Crippen LogP contribution >= 0.6 is 11.3 Å². The molecule has 186 valence electrons. The molecule has 0 amide bonds. The zero-order chi connectivity index (χ0) is 24.8. The summed E-state index contributed by atoms with van der Waals surface area (Å²) >= 11 is 1.67. The molecule has 0 aliphatic carbocycles. The lowest BCUT2D eigenvalue weighted by molar-refractivity contribution is 0.234. The lowest BCUT2D eigenvalue weighted by atomic mass is 10.2. The molecule has 6 rings (SSSR count). The average molecular weight is 505 g/mol. The van der Waals surface area contributed by atoms with E-state index in [0.717, 1.165) is 47.2 Å². The second-order valence-corrected chi connectivity index (χ2v) is 10.1. The first-order chi connectivity index (χ1) is 17.5. The number of hydrogen-bond acceptors (Lipinski definition) is 9. The number of aromatic nitrogens is 4. The van der Waals surface area contributed by atoms with Crippen molar-refractivity contribution < 1.29 is 13.9 Å². The molecule has 1 aromatic carbocycles. The number of fused-ring (bicyclic) bond motifs is 2. The predicted molar refractivity (Wildman–Crippen MR) is 140 cm³/mol. The highest BCUT2D eigenvalue weighted by atomic mass is 32.1. The number of likely N-dealkylation sites (N-methyl/N-ethyl adjacent to an activating group) is 1. The molecule has 0 spiro atoms. The number of thiazole rings is 1. The van der Waals surface area contributed by atoms with Crippen LogP contribution in [0.25, 0.3) is 28.1 Å². The third-order valence-electron chi connectivity index (χ3n) is 6.66. The first-order valence-corrected chi connectivity index (χ1v) is 12.8. The summed E-state index contributed by atoms with van der Waals surface area (Å²) in [6.07, 6.45) is 1.87. The molecular weight excluding hydrogens is 476 g/mol. The zero-order valence-electron chi connectivity index (χ0n) is 20.8. The molecule has 10 heteroatoms. The fraction of sp³-hybridized carbons (Fsp3) is 0.346. The molecule has 0 saturated carbocycles. The van der Waals surface area contributed by atoms with Crippen LogP contribution in [0.2, 0.25) is 0 Å². The molecule has 0 bridgehead atoms. The smallest absolute Gasteiger partial charge is 0.185 e. The fourth-order valence-corrected chi connectivity index (χ4v) is 5.27. The van der Waals surface area contributed by atoms with Crippen LogP contribution in [-0.2, 0) is 6.61 Å². The largest absolute Gasteiger partial charge is 0.496 e. The number of benzene rings is 1. The molecular formula is C26H28N6O3S. The van der Waals surface area contributed by atoms with Gasteiger partial charge in [-0.3, -0.25) is 0 Å². The van der Waals surface area contributed by atoms with Crippen molar-refractivity contribution in [3.8, 4) is 23.0 Å². The summed E-state index contributed by atoms with van der Waals surface area (Å²) < 4.78 is 19.7. The van der Waals surface area contributed by atoms with Gasteiger partial charge in [0, 0.05) is 43.2 Å². The molecule has 36 heavy (non-hydrogen) atoms. The Balaban J connectivity index is 1.25. The lowest BCUT2D eigenvalue weighted by Crippen LogP contribution is -2.50. The highest BCUT2D eigenvalue weighted by Crippen LogP contribution is 2.37. The van der Waals surface area contributed by atoms with E-state index in [0.29, 0.717) is 41.2 Å². The van der Waals surface area contributed by atoms with Crippen molar-refractivity contribution >= 4 is 33.1 Å². The molecule has 1 aliphatic rings. The van der Waals surface area contributed by atoms with Gasteiger partial charge in [-0.05, 0) is 39.1 Å². The van der Waals surface area contributed by atoms with Crippen LogP contribution in [0, 0.1) is 6.92 Å². The summed E-state index contributed by atoms with van der Waals surface area (Å²) in [6.45, 7) is 7.57. The molecule has 5 aromatic rings. The number of rotatable bonds is 6. The maximum Gasteiger partial charge on any atom is 0.185 e. The van der Waals surface area contributed by atoms with Gasteiger partial charge in [0.1, 0.15) is 29.4 Å². The van der Waals surface area contributed by atoms with E-state index in [1.165, 1.54) is 0 Å². The van der Waals surface area contributed by atoms with Crippen LogP contribution < -0.4 is 14.4 Å². The molecule has 0 N–H and O–H groups in total. The number of nitrogens with zero attached hydrogens (tertiary/aromatic N) is 6. The molecule has 1 atom stereocenters. The summed E-state index contributed by atoms with van der Waals surface area (Å²) in [5, 5.41) is 8.46. The molecule has 5 heterocycles. The Morgan fingerprint density at radius 3 is 2.89 bits per heavy atom. The molecule has 0 radical (unpaired) electrons. The van der Waals surface area contributed by atoms with Crippen molar-refractivity contribution in [3.63, 3.8) is 0 Å². The maximum atomic E-state index is 6.25. The number of furan rings is 1. The number of anilines is 1. The predicted octanol–water partition coefficient (Wildman–Crippen LogP) is 4.64. The minimum Gasteiger partial charge on any atom is -0.496 e. The highest BCUT2D eigenvalue weighted by Gasteiger charge is 2.23. The first-order valence-electron chi connectivity index (χ1n) is 11.9. The first kappa shape index (κ1) is 22.8. The van der Waals surface area contributed by atoms with Crippen molar-refractivity contribution in [2.75, 3.05) is 38.7 Å². The van der Waals surface area contributed by atoms with E-state index in [9.17, 15) is 0 Å². The van der Waals surface area contributed by atoms with Gasteiger partial charge in [0.15, 0.2) is 16.5 Å². The van der Waals surface area contributed by atoms with E-state index in [2.05, 4.69) is 39.2 Å².